The second-order valence-electron chi connectivity index (χ2n) is 2.94. The maximum Gasteiger partial charge on any atom is 0.176 e. The maximum absolute atomic E-state index is 5.71. The van der Waals surface area contributed by atoms with Gasteiger partial charge in [-0.2, -0.15) is 4.37 Å². The Bertz CT molecular complexity index is 617. The van der Waals surface area contributed by atoms with Crippen LogP contribution in [0.1, 0.15) is 0 Å². The number of rotatable bonds is 2. The van der Waals surface area contributed by atoms with Crippen LogP contribution in [-0.4, -0.2) is 23.7 Å². The van der Waals surface area contributed by atoms with Gasteiger partial charge in [-0.15, -0.1) is 0 Å². The summed E-state index contributed by atoms with van der Waals surface area (Å²) in [6.07, 6.45) is 6.78. The van der Waals surface area contributed by atoms with Crippen LogP contribution < -0.4 is 5.73 Å². The standard InChI is InChI=1S/C8H6N6S2/c9-5-3-14-2-1-10-6(14)7(13-5)15-8-11-4-12-16-8/h1-4H,9H2. The van der Waals surface area contributed by atoms with Crippen LogP contribution >= 0.6 is 23.3 Å². The van der Waals surface area contributed by atoms with Crippen LogP contribution in [0, 0.1) is 0 Å². The van der Waals surface area contributed by atoms with E-state index in [-0.39, 0.29) is 0 Å². The molecule has 0 aliphatic heterocycles. The first-order chi connectivity index (χ1) is 7.83. The molecule has 0 amide bonds. The summed E-state index contributed by atoms with van der Waals surface area (Å²) < 4.78 is 6.59. The molecule has 3 heterocycles. The lowest BCUT2D eigenvalue weighted by Crippen LogP contribution is -1.97. The number of aromatic nitrogens is 5. The summed E-state index contributed by atoms with van der Waals surface area (Å²) in [5, 5.41) is 0.738. The number of hydrogen-bond acceptors (Lipinski definition) is 7. The molecule has 0 saturated carbocycles. The summed E-state index contributed by atoms with van der Waals surface area (Å²) in [5.74, 6) is 0.456. The van der Waals surface area contributed by atoms with Crippen molar-refractivity contribution in [2.75, 3.05) is 5.73 Å². The van der Waals surface area contributed by atoms with Gasteiger partial charge in [-0.05, 0) is 23.3 Å². The topological polar surface area (TPSA) is 82.0 Å². The van der Waals surface area contributed by atoms with Gasteiger partial charge >= 0.3 is 0 Å². The lowest BCUT2D eigenvalue weighted by molar-refractivity contribution is 1.04. The molecule has 0 fully saturated rings. The van der Waals surface area contributed by atoms with Gasteiger partial charge in [0.25, 0.3) is 0 Å². The number of nitrogens with zero attached hydrogens (tertiary/aromatic N) is 5. The van der Waals surface area contributed by atoms with Crippen LogP contribution in [0.15, 0.2) is 34.3 Å². The Hall–Kier alpha value is -1.67. The zero-order valence-electron chi connectivity index (χ0n) is 7.94. The lowest BCUT2D eigenvalue weighted by Gasteiger charge is -2.01. The SMILES string of the molecule is Nc1cn2ccnc2c(Sc2ncns2)n1. The van der Waals surface area contributed by atoms with Gasteiger partial charge in [-0.1, -0.05) is 0 Å². The first-order valence-corrected chi connectivity index (χ1v) is 5.95. The normalized spacial score (nSPS) is 11.0. The number of fused-ring (bicyclic) bond motifs is 1. The Kier molecular flexibility index (Phi) is 2.22. The third-order valence-electron chi connectivity index (χ3n) is 1.89. The van der Waals surface area contributed by atoms with Crippen LogP contribution in [0.25, 0.3) is 5.65 Å². The first kappa shape index (κ1) is 9.55. The summed E-state index contributed by atoms with van der Waals surface area (Å²) in [5.41, 5.74) is 6.48. The minimum atomic E-state index is 0.456. The highest BCUT2D eigenvalue weighted by Gasteiger charge is 2.09. The number of hydrogen-bond donors (Lipinski definition) is 1. The predicted molar refractivity (Wildman–Crippen MR) is 61.4 cm³/mol. The number of anilines is 1. The highest BCUT2D eigenvalue weighted by Crippen LogP contribution is 2.29. The van der Waals surface area contributed by atoms with Gasteiger partial charge in [0, 0.05) is 12.4 Å². The van der Waals surface area contributed by atoms with Crippen molar-refractivity contribution >= 4 is 34.8 Å². The van der Waals surface area contributed by atoms with Gasteiger partial charge in [-0.25, -0.2) is 15.0 Å². The average molecular weight is 250 g/mol. The molecule has 0 aliphatic carbocycles. The van der Waals surface area contributed by atoms with Crippen molar-refractivity contribution < 1.29 is 0 Å². The van der Waals surface area contributed by atoms with E-state index in [0.29, 0.717) is 5.82 Å². The van der Waals surface area contributed by atoms with E-state index in [2.05, 4.69) is 19.3 Å². The van der Waals surface area contributed by atoms with E-state index in [1.165, 1.54) is 29.6 Å². The third-order valence-corrected chi connectivity index (χ3v) is 3.57. The Morgan fingerprint density at radius 2 is 2.31 bits per heavy atom. The van der Waals surface area contributed by atoms with E-state index in [1.807, 2.05) is 10.6 Å². The first-order valence-electron chi connectivity index (χ1n) is 4.36. The molecule has 0 unspecified atom stereocenters. The second kappa shape index (κ2) is 3.72. The van der Waals surface area contributed by atoms with Gasteiger partial charge in [0.15, 0.2) is 9.99 Å². The van der Waals surface area contributed by atoms with E-state index in [9.17, 15) is 0 Å². The zero-order chi connectivity index (χ0) is 11.0. The second-order valence-corrected chi connectivity index (χ2v) is 4.95. The number of nitrogens with two attached hydrogens (primary N) is 1. The molecule has 0 radical (unpaired) electrons. The summed E-state index contributed by atoms with van der Waals surface area (Å²) >= 11 is 2.73. The fraction of sp³-hybridized carbons (Fsp3) is 0. The minimum absolute atomic E-state index is 0.456. The highest BCUT2D eigenvalue weighted by molar-refractivity contribution is 8.01. The molecule has 0 aromatic carbocycles. The molecule has 3 aromatic rings. The molecule has 0 bridgehead atoms. The Balaban J connectivity index is 2.11. The van der Waals surface area contributed by atoms with Gasteiger partial charge in [0.2, 0.25) is 0 Å². The molecule has 80 valence electrons. The largest absolute Gasteiger partial charge is 0.382 e. The number of imidazole rings is 1. The monoisotopic (exact) mass is 250 g/mol. The van der Waals surface area contributed by atoms with Crippen molar-refractivity contribution in [1.29, 1.82) is 0 Å². The Labute approximate surface area is 98.7 Å². The summed E-state index contributed by atoms with van der Waals surface area (Å²) in [6.45, 7) is 0. The summed E-state index contributed by atoms with van der Waals surface area (Å²) in [4.78, 5) is 12.6. The van der Waals surface area contributed by atoms with E-state index < -0.39 is 0 Å². The van der Waals surface area contributed by atoms with Crippen LogP contribution in [0.2, 0.25) is 0 Å². The van der Waals surface area contributed by atoms with Crippen molar-refractivity contribution in [1.82, 2.24) is 23.7 Å². The van der Waals surface area contributed by atoms with Crippen LogP contribution in [-0.2, 0) is 0 Å². The lowest BCUT2D eigenvalue weighted by atomic mass is 10.6. The van der Waals surface area contributed by atoms with Gasteiger partial charge in [0.1, 0.15) is 17.2 Å². The third kappa shape index (κ3) is 1.61. The van der Waals surface area contributed by atoms with Crippen molar-refractivity contribution in [3.63, 3.8) is 0 Å². The Morgan fingerprint density at radius 3 is 3.12 bits per heavy atom. The van der Waals surface area contributed by atoms with Gasteiger partial charge < -0.3 is 10.1 Å². The van der Waals surface area contributed by atoms with Gasteiger partial charge in [-0.3, -0.25) is 0 Å². The van der Waals surface area contributed by atoms with Crippen molar-refractivity contribution in [2.24, 2.45) is 0 Å². The fourth-order valence-corrected chi connectivity index (χ4v) is 2.74. The summed E-state index contributed by atoms with van der Waals surface area (Å²) in [6, 6.07) is 0. The molecule has 0 spiro atoms. The molecule has 3 rings (SSSR count). The molecule has 0 aliphatic rings. The molecule has 8 heteroatoms. The minimum Gasteiger partial charge on any atom is -0.382 e. The Morgan fingerprint density at radius 1 is 1.38 bits per heavy atom. The maximum atomic E-state index is 5.71. The van der Waals surface area contributed by atoms with Gasteiger partial charge in [0.05, 0.1) is 6.20 Å². The van der Waals surface area contributed by atoms with E-state index in [4.69, 9.17) is 5.73 Å². The van der Waals surface area contributed by atoms with Crippen LogP contribution in [0.4, 0.5) is 5.82 Å². The average Bonchev–Trinajstić information content (AvgIpc) is 2.87. The number of nitrogen functional groups attached to an aromatic ring is 1. The smallest absolute Gasteiger partial charge is 0.176 e. The van der Waals surface area contributed by atoms with E-state index in [0.717, 1.165) is 15.0 Å². The highest BCUT2D eigenvalue weighted by atomic mass is 32.2. The van der Waals surface area contributed by atoms with E-state index >= 15 is 0 Å². The van der Waals surface area contributed by atoms with Crippen molar-refractivity contribution in [3.05, 3.63) is 24.9 Å². The van der Waals surface area contributed by atoms with Crippen molar-refractivity contribution in [2.45, 2.75) is 9.37 Å². The molecule has 2 N–H and O–H groups in total. The zero-order valence-corrected chi connectivity index (χ0v) is 9.57. The predicted octanol–water partition coefficient (Wildman–Crippen LogP) is 1.31. The molecule has 0 atom stereocenters. The molecule has 16 heavy (non-hydrogen) atoms. The van der Waals surface area contributed by atoms with Crippen LogP contribution in [0.3, 0.4) is 0 Å². The summed E-state index contributed by atoms with van der Waals surface area (Å²) in [7, 11) is 0. The fourth-order valence-electron chi connectivity index (χ4n) is 1.28. The molecule has 0 saturated heterocycles. The molecule has 6 nitrogen and oxygen atoms in total. The quantitative estimate of drug-likeness (QED) is 0.738. The molecule has 3 aromatic heterocycles. The van der Waals surface area contributed by atoms with Crippen molar-refractivity contribution in [3.8, 4) is 0 Å². The molecular formula is C8H6N6S2. The van der Waals surface area contributed by atoms with E-state index in [1.54, 1.807) is 12.4 Å². The molecular weight excluding hydrogens is 244 g/mol. The van der Waals surface area contributed by atoms with Crippen LogP contribution in [0.5, 0.6) is 0 Å².